The van der Waals surface area contributed by atoms with Crippen LogP contribution in [0.3, 0.4) is 0 Å². The van der Waals surface area contributed by atoms with E-state index >= 15 is 0 Å². The summed E-state index contributed by atoms with van der Waals surface area (Å²) in [6, 6.07) is 0.298. The van der Waals surface area contributed by atoms with Crippen LogP contribution in [0.5, 0.6) is 0 Å². The van der Waals surface area contributed by atoms with Crippen molar-refractivity contribution < 1.29 is 4.79 Å². The third-order valence-electron chi connectivity index (χ3n) is 2.81. The molecule has 1 aromatic rings. The van der Waals surface area contributed by atoms with E-state index in [0.717, 1.165) is 31.8 Å². The number of aromatic nitrogens is 3. The van der Waals surface area contributed by atoms with Crippen LogP contribution in [0.2, 0.25) is 0 Å². The van der Waals surface area contributed by atoms with E-state index in [1.54, 1.807) is 6.33 Å². The maximum Gasteiger partial charge on any atom is 0.220 e. The van der Waals surface area contributed by atoms with Gasteiger partial charge in [-0.25, -0.2) is 0 Å². The number of hydrogen-bond donors (Lipinski definition) is 2. The van der Waals surface area contributed by atoms with Gasteiger partial charge in [-0.15, -0.1) is 10.2 Å². The molecule has 1 unspecified atom stereocenters. The van der Waals surface area contributed by atoms with Crippen LogP contribution in [-0.2, 0) is 18.3 Å². The SMILES string of the molecule is Cn1cnnc1CCNCC1CCC(=O)N1. The second kappa shape index (κ2) is 5.07. The Bertz CT molecular complexity index is 362. The molecular weight excluding hydrogens is 206 g/mol. The summed E-state index contributed by atoms with van der Waals surface area (Å²) >= 11 is 0. The number of carbonyl (C=O) groups excluding carboxylic acids is 1. The standard InChI is InChI=1S/C10H17N5O/c1-15-7-12-14-9(15)4-5-11-6-8-2-3-10(16)13-8/h7-8,11H,2-6H2,1H3,(H,13,16). The van der Waals surface area contributed by atoms with Gasteiger partial charge >= 0.3 is 0 Å². The van der Waals surface area contributed by atoms with E-state index in [1.807, 2.05) is 11.6 Å². The van der Waals surface area contributed by atoms with Gasteiger partial charge in [0.15, 0.2) is 0 Å². The number of aryl methyl sites for hydroxylation is 1. The molecule has 6 heteroatoms. The molecule has 0 saturated carbocycles. The molecule has 1 amide bonds. The van der Waals surface area contributed by atoms with Crippen LogP contribution >= 0.6 is 0 Å². The molecule has 88 valence electrons. The van der Waals surface area contributed by atoms with Crippen molar-refractivity contribution in [2.24, 2.45) is 7.05 Å². The molecule has 0 aromatic carbocycles. The molecule has 0 radical (unpaired) electrons. The number of nitrogens with one attached hydrogen (secondary N) is 2. The van der Waals surface area contributed by atoms with Crippen molar-refractivity contribution in [1.82, 2.24) is 25.4 Å². The molecule has 1 fully saturated rings. The fraction of sp³-hybridized carbons (Fsp3) is 0.700. The lowest BCUT2D eigenvalue weighted by Crippen LogP contribution is -2.36. The molecule has 6 nitrogen and oxygen atoms in total. The van der Waals surface area contributed by atoms with Crippen LogP contribution in [0.15, 0.2) is 6.33 Å². The lowest BCUT2D eigenvalue weighted by Gasteiger charge is -2.10. The molecule has 1 aromatic heterocycles. The van der Waals surface area contributed by atoms with E-state index in [4.69, 9.17) is 0 Å². The van der Waals surface area contributed by atoms with Gasteiger partial charge < -0.3 is 15.2 Å². The Kier molecular flexibility index (Phi) is 3.51. The average molecular weight is 223 g/mol. The monoisotopic (exact) mass is 223 g/mol. The summed E-state index contributed by atoms with van der Waals surface area (Å²) < 4.78 is 1.92. The van der Waals surface area contributed by atoms with E-state index in [0.29, 0.717) is 12.5 Å². The first kappa shape index (κ1) is 11.1. The van der Waals surface area contributed by atoms with Crippen molar-refractivity contribution >= 4 is 5.91 Å². The van der Waals surface area contributed by atoms with E-state index in [1.165, 1.54) is 0 Å². The van der Waals surface area contributed by atoms with Gasteiger partial charge in [0.25, 0.3) is 0 Å². The van der Waals surface area contributed by atoms with Crippen LogP contribution in [0, 0.1) is 0 Å². The van der Waals surface area contributed by atoms with Crippen molar-refractivity contribution in [1.29, 1.82) is 0 Å². The van der Waals surface area contributed by atoms with Gasteiger partial charge in [-0.2, -0.15) is 0 Å². The highest BCUT2D eigenvalue weighted by Gasteiger charge is 2.19. The molecule has 1 saturated heterocycles. The predicted octanol–water partition coefficient (Wildman–Crippen LogP) is -0.774. The van der Waals surface area contributed by atoms with Crippen LogP contribution in [0.1, 0.15) is 18.7 Å². The summed E-state index contributed by atoms with van der Waals surface area (Å²) in [6.07, 6.45) is 4.16. The summed E-state index contributed by atoms with van der Waals surface area (Å²) in [5, 5.41) is 14.1. The summed E-state index contributed by atoms with van der Waals surface area (Å²) in [6.45, 7) is 1.70. The maximum atomic E-state index is 11.0. The molecule has 0 bridgehead atoms. The molecular formula is C10H17N5O. The zero-order chi connectivity index (χ0) is 11.4. The Balaban J connectivity index is 1.62. The summed E-state index contributed by atoms with van der Waals surface area (Å²) in [7, 11) is 1.94. The Labute approximate surface area is 94.4 Å². The number of amides is 1. The average Bonchev–Trinajstić information content (AvgIpc) is 2.83. The molecule has 1 aliphatic heterocycles. The van der Waals surface area contributed by atoms with Crippen molar-refractivity contribution in [3.63, 3.8) is 0 Å². The van der Waals surface area contributed by atoms with E-state index in [9.17, 15) is 4.79 Å². The van der Waals surface area contributed by atoms with Crippen LogP contribution in [-0.4, -0.2) is 39.8 Å². The van der Waals surface area contributed by atoms with Crippen LogP contribution in [0.25, 0.3) is 0 Å². The highest BCUT2D eigenvalue weighted by atomic mass is 16.1. The largest absolute Gasteiger partial charge is 0.352 e. The van der Waals surface area contributed by atoms with Gasteiger partial charge in [0.05, 0.1) is 0 Å². The van der Waals surface area contributed by atoms with E-state index in [2.05, 4.69) is 20.8 Å². The number of rotatable bonds is 5. The highest BCUT2D eigenvalue weighted by Crippen LogP contribution is 2.04. The minimum atomic E-state index is 0.167. The minimum Gasteiger partial charge on any atom is -0.352 e. The summed E-state index contributed by atoms with van der Waals surface area (Å²) in [4.78, 5) is 11.0. The Hall–Kier alpha value is -1.43. The van der Waals surface area contributed by atoms with Crippen molar-refractivity contribution in [3.8, 4) is 0 Å². The zero-order valence-corrected chi connectivity index (χ0v) is 9.44. The topological polar surface area (TPSA) is 71.8 Å². The molecule has 1 aliphatic rings. The highest BCUT2D eigenvalue weighted by molar-refractivity contribution is 5.78. The maximum absolute atomic E-state index is 11.0. The van der Waals surface area contributed by atoms with Gasteiger partial charge in [-0.3, -0.25) is 4.79 Å². The smallest absolute Gasteiger partial charge is 0.220 e. The fourth-order valence-corrected chi connectivity index (χ4v) is 1.84. The van der Waals surface area contributed by atoms with Gasteiger partial charge in [-0.1, -0.05) is 0 Å². The van der Waals surface area contributed by atoms with Crippen molar-refractivity contribution in [3.05, 3.63) is 12.2 Å². The van der Waals surface area contributed by atoms with Gasteiger partial charge in [0, 0.05) is 39.0 Å². The van der Waals surface area contributed by atoms with Gasteiger partial charge in [-0.05, 0) is 6.42 Å². The number of hydrogen-bond acceptors (Lipinski definition) is 4. The quantitative estimate of drug-likeness (QED) is 0.643. The Morgan fingerprint density at radius 2 is 2.56 bits per heavy atom. The second-order valence-corrected chi connectivity index (χ2v) is 4.12. The van der Waals surface area contributed by atoms with Crippen molar-refractivity contribution in [2.75, 3.05) is 13.1 Å². The summed E-state index contributed by atoms with van der Waals surface area (Å²) in [5.41, 5.74) is 0. The Morgan fingerprint density at radius 1 is 1.69 bits per heavy atom. The third-order valence-corrected chi connectivity index (χ3v) is 2.81. The summed E-state index contributed by atoms with van der Waals surface area (Å²) in [5.74, 6) is 1.14. The molecule has 0 spiro atoms. The Morgan fingerprint density at radius 3 is 3.19 bits per heavy atom. The first-order valence-corrected chi connectivity index (χ1v) is 5.58. The zero-order valence-electron chi connectivity index (χ0n) is 9.44. The molecule has 0 aliphatic carbocycles. The first-order chi connectivity index (χ1) is 7.75. The molecule has 1 atom stereocenters. The predicted molar refractivity (Wildman–Crippen MR) is 58.7 cm³/mol. The fourth-order valence-electron chi connectivity index (χ4n) is 1.84. The normalized spacial score (nSPS) is 20.1. The van der Waals surface area contributed by atoms with Gasteiger partial charge in [0.2, 0.25) is 5.91 Å². The third kappa shape index (κ3) is 2.79. The first-order valence-electron chi connectivity index (χ1n) is 5.58. The lowest BCUT2D eigenvalue weighted by atomic mass is 10.2. The van der Waals surface area contributed by atoms with Crippen molar-refractivity contribution in [2.45, 2.75) is 25.3 Å². The molecule has 2 N–H and O–H groups in total. The second-order valence-electron chi connectivity index (χ2n) is 4.12. The van der Waals surface area contributed by atoms with E-state index < -0.39 is 0 Å². The van der Waals surface area contributed by atoms with E-state index in [-0.39, 0.29) is 5.91 Å². The number of nitrogens with zero attached hydrogens (tertiary/aromatic N) is 3. The minimum absolute atomic E-state index is 0.167. The van der Waals surface area contributed by atoms with Gasteiger partial charge in [0.1, 0.15) is 12.2 Å². The molecule has 2 heterocycles. The van der Waals surface area contributed by atoms with Crippen LogP contribution < -0.4 is 10.6 Å². The molecule has 16 heavy (non-hydrogen) atoms. The number of carbonyl (C=O) groups is 1. The molecule has 2 rings (SSSR count). The lowest BCUT2D eigenvalue weighted by molar-refractivity contribution is -0.119. The van der Waals surface area contributed by atoms with Crippen LogP contribution in [0.4, 0.5) is 0 Å².